The second kappa shape index (κ2) is 41.9. The maximum atomic E-state index is 5.77. The molecular weight excluding hydrogens is 2980 g/mol. The van der Waals surface area contributed by atoms with E-state index < -0.39 is 0 Å². The Labute approximate surface area is 937 Å². The predicted molar refractivity (Wildman–Crippen MR) is 542 cm³/mol. The molecule has 24 heterocycles. The Morgan fingerprint density at radius 1 is 0.180 bits per heavy atom. The molecule has 0 amide bonds. The molecule has 0 atom stereocenters. The summed E-state index contributed by atoms with van der Waals surface area (Å²) in [6.07, 6.45) is 60.5. The van der Waals surface area contributed by atoms with Crippen molar-refractivity contribution in [3.8, 4) is 138 Å². The van der Waals surface area contributed by atoms with Gasteiger partial charge in [0.05, 0.1) is 54.9 Å². The zero-order valence-corrected chi connectivity index (χ0v) is 94.6. The number of benzene rings is 6. The standard InChI is InChI=1S/6C18H13N5O.6Pt/c6*1-22-8-6-19-17(22)12-5-3-4-11-13-10-24-16(15(13)21-14(11)12)18-20-7-9-23(18)2;;;;;;/h3*3-5,7-10H,1-2H3;3*3-6,8-10H,1-2H3;;;;;;/q6*-2;6*+2. The van der Waals surface area contributed by atoms with E-state index in [-0.39, 0.29) is 126 Å². The Balaban J connectivity index is 0.000000112. The van der Waals surface area contributed by atoms with E-state index in [1.165, 1.54) is 0 Å². The van der Waals surface area contributed by atoms with Gasteiger partial charge in [0.15, 0.2) is 34.8 Å². The number of aromatic nitrogens is 30. The topological polar surface area (TPSA) is 377 Å². The van der Waals surface area contributed by atoms with Crippen LogP contribution in [0.15, 0.2) is 285 Å². The minimum Gasteiger partial charge on any atom is -0.654 e. The smallest absolute Gasteiger partial charge is 0.654 e. The fourth-order valence-corrected chi connectivity index (χ4v) is 18.8. The van der Waals surface area contributed by atoms with Crippen LogP contribution >= 0.6 is 0 Å². The van der Waals surface area contributed by atoms with E-state index in [0.29, 0.717) is 52.0 Å². The van der Waals surface area contributed by atoms with Crippen LogP contribution in [0.1, 0.15) is 0 Å². The van der Waals surface area contributed by atoms with Gasteiger partial charge in [0.2, 0.25) is 0 Å². The minimum absolute atomic E-state index is 0. The molecule has 756 valence electrons. The number of fused-ring (bicyclic) bond motifs is 18. The largest absolute Gasteiger partial charge is 2.00 e. The van der Waals surface area contributed by atoms with E-state index in [9.17, 15) is 0 Å². The molecule has 0 fully saturated rings. The maximum absolute atomic E-state index is 5.77. The molecule has 30 rings (SSSR count). The second-order valence-corrected chi connectivity index (χ2v) is 34.8. The minimum atomic E-state index is 0. The van der Waals surface area contributed by atoms with Crippen molar-refractivity contribution in [2.24, 2.45) is 84.6 Å². The Morgan fingerprint density at radius 2 is 0.340 bits per heavy atom. The number of nitrogens with zero attached hydrogens (tertiary/aromatic N) is 30. The van der Waals surface area contributed by atoms with Gasteiger partial charge >= 0.3 is 126 Å². The van der Waals surface area contributed by atoms with Crippen LogP contribution in [-0.4, -0.2) is 115 Å². The molecule has 42 heteroatoms. The van der Waals surface area contributed by atoms with Crippen LogP contribution in [0.2, 0.25) is 0 Å². The molecule has 0 aliphatic carbocycles. The number of aryl methyl sites for hydroxylation is 12. The summed E-state index contributed by atoms with van der Waals surface area (Å²) in [5, 5.41) is 12.2. The fourth-order valence-electron chi connectivity index (χ4n) is 18.8. The quantitative estimate of drug-likeness (QED) is 0.103. The van der Waals surface area contributed by atoms with Crippen molar-refractivity contribution < 1.29 is 153 Å². The molecule has 0 aliphatic heterocycles. The first-order chi connectivity index (χ1) is 70.4. The molecule has 0 saturated heterocycles. The summed E-state index contributed by atoms with van der Waals surface area (Å²) < 4.78 is 57.8. The van der Waals surface area contributed by atoms with Crippen molar-refractivity contribution in [1.29, 1.82) is 0 Å². The van der Waals surface area contributed by atoms with Crippen LogP contribution in [0.25, 0.3) is 269 Å². The van der Waals surface area contributed by atoms with Crippen molar-refractivity contribution in [3.05, 3.63) is 295 Å². The van der Waals surface area contributed by atoms with Gasteiger partial charge in [-0.25, -0.2) is 29.9 Å². The second-order valence-electron chi connectivity index (χ2n) is 34.8. The molecule has 24 aromatic heterocycles. The number of hydrogen-bond acceptors (Lipinski definition) is 18. The molecule has 0 spiro atoms. The number of imidazole rings is 12. The average Bonchev–Trinajstić information content (AvgIpc) is 1.61. The summed E-state index contributed by atoms with van der Waals surface area (Å²) in [4.78, 5) is 81.4. The van der Waals surface area contributed by atoms with Crippen LogP contribution in [0.5, 0.6) is 0 Å². The van der Waals surface area contributed by atoms with Crippen molar-refractivity contribution in [2.75, 3.05) is 0 Å². The first-order valence-corrected chi connectivity index (χ1v) is 45.5. The fraction of sp³-hybridized carbons (Fsp3) is 0.111. The van der Waals surface area contributed by atoms with Gasteiger partial charge in [0.25, 0.3) is 0 Å². The van der Waals surface area contributed by atoms with Crippen molar-refractivity contribution >= 4 is 131 Å². The van der Waals surface area contributed by atoms with Crippen LogP contribution < -0.4 is 29.9 Å². The molecule has 0 N–H and O–H groups in total. The zero-order valence-electron chi connectivity index (χ0n) is 81.0. The van der Waals surface area contributed by atoms with E-state index in [1.807, 2.05) is 268 Å². The van der Waals surface area contributed by atoms with E-state index in [0.717, 1.165) is 217 Å². The van der Waals surface area contributed by atoms with Crippen LogP contribution in [-0.2, 0) is 211 Å². The molecule has 0 aliphatic rings. The van der Waals surface area contributed by atoms with Gasteiger partial charge in [-0.15, -0.1) is 70.3 Å². The third-order valence-corrected chi connectivity index (χ3v) is 26.0. The van der Waals surface area contributed by atoms with Gasteiger partial charge in [0.1, 0.15) is 17.5 Å². The maximum Gasteiger partial charge on any atom is 2.00 e. The predicted octanol–water partition coefficient (Wildman–Crippen LogP) is 18.9. The first-order valence-electron chi connectivity index (χ1n) is 45.5. The molecule has 36 nitrogen and oxygen atoms in total. The van der Waals surface area contributed by atoms with Crippen molar-refractivity contribution in [3.63, 3.8) is 0 Å². The summed E-state index contributed by atoms with van der Waals surface area (Å²) in [6, 6.07) is 36.7. The van der Waals surface area contributed by atoms with Gasteiger partial charge in [-0.3, -0.25) is 0 Å². The first kappa shape index (κ1) is 103. The summed E-state index contributed by atoms with van der Waals surface area (Å²) in [5.74, 6) is 13.7. The molecular formula is C108H78N30O6Pt6. The van der Waals surface area contributed by atoms with Crippen molar-refractivity contribution in [2.45, 2.75) is 0 Å². The SMILES string of the molecule is Cn1c[c-]nc1-c1cccc2c1[n-]c1c(-c3nccn3C)occ12.Cn1c[c-]nc1-c1cccc2c1[n-]c1c(-c3nccn3C)occ12.Cn1c[c-]nc1-c1cccc2c1[n-]c1c(-c3nccn3C)occ12.Cn1ccnc1-c1cccc2c1[n-]c1c(-c3n[c-]cn3C)occ12.Cn1ccnc1-c1cccc2c1[n-]c1c(-c3n[c-]cn3C)occ12.Cn1ccnc1-c1cccc2c1[n-]c1c(-c3n[c-]cn3C)occ12.[Pt+2].[Pt+2].[Pt+2].[Pt+2].[Pt+2].[Pt+2]. The third-order valence-electron chi connectivity index (χ3n) is 26.0. The summed E-state index contributed by atoms with van der Waals surface area (Å²) in [7, 11) is 23.4. The van der Waals surface area contributed by atoms with Crippen LogP contribution in [0, 0.1) is 37.2 Å². The average molecular weight is 3060 g/mol. The molecule has 30 aromatic rings. The zero-order chi connectivity index (χ0) is 97.6. The van der Waals surface area contributed by atoms with Crippen molar-refractivity contribution in [1.82, 2.24) is 145 Å². The number of hydrogen-bond donors (Lipinski definition) is 0. The Morgan fingerprint density at radius 3 is 0.500 bits per heavy atom. The van der Waals surface area contributed by atoms with E-state index in [4.69, 9.17) is 56.4 Å². The van der Waals surface area contributed by atoms with Gasteiger partial charge in [-0.1, -0.05) is 196 Å². The number of rotatable bonds is 12. The number of furan rings is 6. The van der Waals surface area contributed by atoms with Crippen LogP contribution in [0.4, 0.5) is 0 Å². The van der Waals surface area contributed by atoms with E-state index in [2.05, 4.69) is 133 Å². The summed E-state index contributed by atoms with van der Waals surface area (Å²) in [5.41, 5.74) is 16.4. The third kappa shape index (κ3) is 17.4. The Bertz CT molecular complexity index is 8620. The van der Waals surface area contributed by atoms with Gasteiger partial charge < -0.3 is 141 Å². The normalized spacial score (nSPS) is 11.3. The Kier molecular flexibility index (Phi) is 28.8. The van der Waals surface area contributed by atoms with Gasteiger partial charge in [-0.05, 0) is 92.1 Å². The number of para-hydroxylation sites is 6. The van der Waals surface area contributed by atoms with Gasteiger partial charge in [0, 0.05) is 183 Å². The van der Waals surface area contributed by atoms with Gasteiger partial charge in [-0.2, -0.15) is 0 Å². The molecule has 0 radical (unpaired) electrons. The summed E-state index contributed by atoms with van der Waals surface area (Å²) in [6.45, 7) is 0. The monoisotopic (exact) mass is 3060 g/mol. The van der Waals surface area contributed by atoms with E-state index >= 15 is 0 Å². The molecule has 0 unspecified atom stereocenters. The molecule has 0 bridgehead atoms. The summed E-state index contributed by atoms with van der Waals surface area (Å²) >= 11 is 0. The molecule has 150 heavy (non-hydrogen) atoms. The van der Waals surface area contributed by atoms with Crippen LogP contribution in [0.3, 0.4) is 0 Å². The Hall–Kier alpha value is -15.6. The molecule has 0 saturated carbocycles. The molecule has 6 aromatic carbocycles. The van der Waals surface area contributed by atoms with E-state index in [1.54, 1.807) is 93.4 Å².